The van der Waals surface area contributed by atoms with Crippen molar-refractivity contribution in [2.45, 2.75) is 51.1 Å². The summed E-state index contributed by atoms with van der Waals surface area (Å²) in [6.07, 6.45) is 8.17. The first-order chi connectivity index (χ1) is 20.2. The molecule has 0 bridgehead atoms. The van der Waals surface area contributed by atoms with Crippen molar-refractivity contribution in [2.24, 2.45) is 5.41 Å². The molecular weight excluding hydrogens is 547 g/mol. The van der Waals surface area contributed by atoms with E-state index >= 15 is 0 Å². The van der Waals surface area contributed by atoms with Crippen molar-refractivity contribution in [2.75, 3.05) is 44.6 Å². The molecule has 0 atom stereocenters. The zero-order valence-electron chi connectivity index (χ0n) is 23.4. The normalized spacial score (nSPS) is 22.0. The van der Waals surface area contributed by atoms with Crippen LogP contribution in [0.5, 0.6) is 0 Å². The lowest BCUT2D eigenvalue weighted by Gasteiger charge is -2.48. The minimum absolute atomic E-state index is 0.0565. The Morgan fingerprint density at radius 3 is 2.74 bits per heavy atom. The SMILES string of the molecule is O=C(CCC(F)(F)F)N1CC=C(c2cccn3nc(NC4=CC(=C([O-])N5CCCC6(CCNCC6)C5)C=C4)nc23)CC1. The van der Waals surface area contributed by atoms with Crippen LogP contribution in [0.3, 0.4) is 0 Å². The van der Waals surface area contributed by atoms with Gasteiger partial charge in [-0.1, -0.05) is 12.2 Å². The number of aromatic nitrogens is 3. The van der Waals surface area contributed by atoms with Gasteiger partial charge in [-0.05, 0) is 91.9 Å². The summed E-state index contributed by atoms with van der Waals surface area (Å²) in [6, 6.07) is 3.78. The van der Waals surface area contributed by atoms with Crippen molar-refractivity contribution >= 4 is 23.1 Å². The summed E-state index contributed by atoms with van der Waals surface area (Å²) in [5.41, 5.74) is 4.07. The number of anilines is 1. The molecule has 1 aliphatic carbocycles. The Balaban J connectivity index is 1.13. The predicted molar refractivity (Wildman–Crippen MR) is 151 cm³/mol. The number of amides is 1. The van der Waals surface area contributed by atoms with Crippen LogP contribution in [-0.4, -0.2) is 75.7 Å². The minimum atomic E-state index is -4.34. The number of carbonyl (C=O) groups excluding carboxylic acids is 1. The number of nitrogens with one attached hydrogen (secondary N) is 2. The van der Waals surface area contributed by atoms with Crippen LogP contribution in [0.15, 0.2) is 59.8 Å². The maximum atomic E-state index is 13.4. The first-order valence-electron chi connectivity index (χ1n) is 14.6. The number of alkyl halides is 3. The van der Waals surface area contributed by atoms with Gasteiger partial charge < -0.3 is 25.5 Å². The second-order valence-electron chi connectivity index (χ2n) is 11.7. The molecule has 2 aromatic heterocycles. The lowest BCUT2D eigenvalue weighted by atomic mass is 9.73. The Kier molecular flexibility index (Phi) is 7.73. The molecule has 0 unspecified atom stereocenters. The number of nitrogens with zero attached hydrogens (tertiary/aromatic N) is 5. The molecule has 0 radical (unpaired) electrons. The molecule has 1 spiro atoms. The lowest BCUT2D eigenvalue weighted by molar-refractivity contribution is -0.337. The van der Waals surface area contributed by atoms with E-state index < -0.39 is 24.9 Å². The summed E-state index contributed by atoms with van der Waals surface area (Å²) in [4.78, 5) is 20.4. The van der Waals surface area contributed by atoms with E-state index in [1.165, 1.54) is 11.3 Å². The van der Waals surface area contributed by atoms with Crippen LogP contribution in [0.25, 0.3) is 11.2 Å². The first kappa shape index (κ1) is 28.3. The Morgan fingerprint density at radius 2 is 1.98 bits per heavy atom. The third kappa shape index (κ3) is 6.18. The van der Waals surface area contributed by atoms with E-state index in [0.717, 1.165) is 62.3 Å². The standard InChI is InChI=1S/C30H36F3N7O2/c31-30(32,33)10-6-25(41)38-17-7-21(8-18-38)24-3-1-16-40-26(24)36-28(37-40)35-23-5-4-22(19-23)27(42)39-15-2-9-29(20-39)11-13-34-14-12-29/h1,3-5,7,16,19,34,42H,2,6,8-15,17-18,20H2,(H,35,37)/p-1. The molecule has 3 aliphatic heterocycles. The van der Waals surface area contributed by atoms with E-state index in [2.05, 4.69) is 20.7 Å². The predicted octanol–water partition coefficient (Wildman–Crippen LogP) is 3.59. The van der Waals surface area contributed by atoms with Gasteiger partial charge in [0.05, 0.1) is 6.42 Å². The molecule has 0 saturated carbocycles. The van der Waals surface area contributed by atoms with Crippen molar-refractivity contribution in [3.8, 4) is 0 Å². The quantitative estimate of drug-likeness (QED) is 0.502. The number of rotatable bonds is 6. The smallest absolute Gasteiger partial charge is 0.389 e. The van der Waals surface area contributed by atoms with Gasteiger partial charge in [-0.25, -0.2) is 4.52 Å². The third-order valence-corrected chi connectivity index (χ3v) is 8.76. The topological polar surface area (TPSA) is 101 Å². The first-order valence-corrected chi connectivity index (χ1v) is 14.6. The summed E-state index contributed by atoms with van der Waals surface area (Å²) < 4.78 is 39.2. The maximum Gasteiger partial charge on any atom is 0.389 e. The van der Waals surface area contributed by atoms with Gasteiger partial charge in [-0.15, -0.1) is 5.10 Å². The average molecular weight is 583 g/mol. The number of hydrogen-bond donors (Lipinski definition) is 2. The fourth-order valence-corrected chi connectivity index (χ4v) is 6.47. The fraction of sp³-hybridized carbons (Fsp3) is 0.500. The maximum absolute atomic E-state index is 13.4. The number of likely N-dealkylation sites (tertiary alicyclic amines) is 1. The highest BCUT2D eigenvalue weighted by molar-refractivity contribution is 5.81. The number of halogens is 3. The number of pyridine rings is 1. The van der Waals surface area contributed by atoms with Crippen LogP contribution in [0.1, 0.15) is 50.5 Å². The molecule has 42 heavy (non-hydrogen) atoms. The molecular formula is C30H35F3N7O2-. The summed E-state index contributed by atoms with van der Waals surface area (Å²) in [7, 11) is 0. The molecule has 4 aliphatic rings. The van der Waals surface area contributed by atoms with Gasteiger partial charge in [-0.3, -0.25) is 4.79 Å². The number of allylic oxidation sites excluding steroid dienone is 4. The van der Waals surface area contributed by atoms with E-state index in [0.29, 0.717) is 30.1 Å². The fourth-order valence-electron chi connectivity index (χ4n) is 6.47. The van der Waals surface area contributed by atoms with Gasteiger partial charge in [0.1, 0.15) is 0 Å². The highest BCUT2D eigenvalue weighted by Crippen LogP contribution is 2.39. The molecule has 224 valence electrons. The second-order valence-corrected chi connectivity index (χ2v) is 11.7. The molecule has 2 fully saturated rings. The highest BCUT2D eigenvalue weighted by Gasteiger charge is 2.36. The number of carbonyl (C=O) groups is 1. The Labute approximate surface area is 242 Å². The summed E-state index contributed by atoms with van der Waals surface area (Å²) >= 11 is 0. The van der Waals surface area contributed by atoms with Gasteiger partial charge in [0.15, 0.2) is 5.65 Å². The van der Waals surface area contributed by atoms with Crippen LogP contribution in [0.2, 0.25) is 0 Å². The monoisotopic (exact) mass is 582 g/mol. The summed E-state index contributed by atoms with van der Waals surface area (Å²) in [5, 5.41) is 24.6. The molecule has 1 amide bonds. The molecule has 6 rings (SSSR count). The minimum Gasteiger partial charge on any atom is -0.860 e. The largest absolute Gasteiger partial charge is 0.860 e. The summed E-state index contributed by atoms with van der Waals surface area (Å²) in [6.45, 7) is 4.23. The van der Waals surface area contributed by atoms with Crippen molar-refractivity contribution in [3.63, 3.8) is 0 Å². The Morgan fingerprint density at radius 1 is 1.14 bits per heavy atom. The second kappa shape index (κ2) is 11.5. The van der Waals surface area contributed by atoms with Crippen LogP contribution >= 0.6 is 0 Å². The number of hydrogen-bond acceptors (Lipinski definition) is 7. The molecule has 2 saturated heterocycles. The van der Waals surface area contributed by atoms with E-state index in [4.69, 9.17) is 0 Å². The Bertz CT molecular complexity index is 1460. The number of fused-ring (bicyclic) bond motifs is 1. The molecule has 5 heterocycles. The van der Waals surface area contributed by atoms with E-state index in [1.807, 2.05) is 41.3 Å². The molecule has 0 aromatic carbocycles. The van der Waals surface area contributed by atoms with Gasteiger partial charge in [-0.2, -0.15) is 18.2 Å². The van der Waals surface area contributed by atoms with E-state index in [1.54, 1.807) is 10.7 Å². The zero-order chi connectivity index (χ0) is 29.3. The van der Waals surface area contributed by atoms with E-state index in [-0.39, 0.29) is 17.8 Å². The van der Waals surface area contributed by atoms with Crippen LogP contribution < -0.4 is 15.7 Å². The molecule has 9 nitrogen and oxygen atoms in total. The molecule has 12 heteroatoms. The van der Waals surface area contributed by atoms with Crippen LogP contribution in [-0.2, 0) is 4.79 Å². The van der Waals surface area contributed by atoms with Crippen molar-refractivity contribution in [1.29, 1.82) is 0 Å². The summed E-state index contributed by atoms with van der Waals surface area (Å²) in [5.74, 6) is -0.0476. The zero-order valence-corrected chi connectivity index (χ0v) is 23.4. The van der Waals surface area contributed by atoms with Gasteiger partial charge >= 0.3 is 6.18 Å². The van der Waals surface area contributed by atoms with Gasteiger partial charge in [0.25, 0.3) is 0 Å². The van der Waals surface area contributed by atoms with Crippen molar-refractivity contribution in [3.05, 3.63) is 65.4 Å². The average Bonchev–Trinajstić information content (AvgIpc) is 3.62. The van der Waals surface area contributed by atoms with Crippen molar-refractivity contribution < 1.29 is 23.1 Å². The van der Waals surface area contributed by atoms with Crippen LogP contribution in [0, 0.1) is 5.41 Å². The highest BCUT2D eigenvalue weighted by atomic mass is 19.4. The molecule has 2 aromatic rings. The van der Waals surface area contributed by atoms with Gasteiger partial charge in [0, 0.05) is 50.1 Å². The lowest BCUT2D eigenvalue weighted by Crippen LogP contribution is -2.49. The van der Waals surface area contributed by atoms with Crippen molar-refractivity contribution in [1.82, 2.24) is 29.7 Å². The third-order valence-electron chi connectivity index (χ3n) is 8.76. The Hall–Kier alpha value is -3.80. The van der Waals surface area contributed by atoms with Crippen LogP contribution in [0.4, 0.5) is 19.1 Å². The van der Waals surface area contributed by atoms with E-state index in [9.17, 15) is 23.1 Å². The molecule has 2 N–H and O–H groups in total. The number of piperidine rings is 2. The van der Waals surface area contributed by atoms with Gasteiger partial charge in [0.2, 0.25) is 11.9 Å².